The van der Waals surface area contributed by atoms with Gasteiger partial charge in [0.1, 0.15) is 6.10 Å². The van der Waals surface area contributed by atoms with Crippen molar-refractivity contribution < 1.29 is 4.74 Å². The van der Waals surface area contributed by atoms with Crippen LogP contribution >= 0.6 is 0 Å². The second-order valence-electron chi connectivity index (χ2n) is 13.0. The Labute approximate surface area is 220 Å². The molecule has 4 heteroatoms. The predicted octanol–water partition coefficient (Wildman–Crippen LogP) is 6.92. The van der Waals surface area contributed by atoms with E-state index in [0.29, 0.717) is 6.02 Å². The summed E-state index contributed by atoms with van der Waals surface area (Å²) in [5, 5.41) is 7.18. The van der Waals surface area contributed by atoms with Crippen LogP contribution in [0.25, 0.3) is 0 Å². The largest absolute Gasteiger partial charge is 0.461 e. The van der Waals surface area contributed by atoms with Gasteiger partial charge in [-0.05, 0) is 60.8 Å². The fourth-order valence-corrected chi connectivity index (χ4v) is 4.86. The zero-order chi connectivity index (χ0) is 26.7. The Morgan fingerprint density at radius 2 is 1.31 bits per heavy atom. The lowest BCUT2D eigenvalue weighted by atomic mass is 9.80. The first kappa shape index (κ1) is 28.2. The maximum atomic E-state index is 6.39. The Bertz CT molecular complexity index is 934. The van der Waals surface area contributed by atoms with Crippen molar-refractivity contribution in [3.63, 3.8) is 0 Å². The summed E-state index contributed by atoms with van der Waals surface area (Å²) < 4.78 is 6.39. The van der Waals surface area contributed by atoms with Crippen LogP contribution in [0.2, 0.25) is 0 Å². The molecule has 4 nitrogen and oxygen atoms in total. The Morgan fingerprint density at radius 3 is 1.69 bits per heavy atom. The molecule has 0 bridgehead atoms. The van der Waals surface area contributed by atoms with E-state index in [1.54, 1.807) is 0 Å². The van der Waals surface area contributed by atoms with Gasteiger partial charge < -0.3 is 15.4 Å². The fourth-order valence-electron chi connectivity index (χ4n) is 4.86. The van der Waals surface area contributed by atoms with Crippen LogP contribution < -0.4 is 10.6 Å². The molecule has 36 heavy (non-hydrogen) atoms. The van der Waals surface area contributed by atoms with E-state index < -0.39 is 0 Å². The molecule has 0 aliphatic carbocycles. The molecule has 3 rings (SSSR count). The minimum Gasteiger partial charge on any atom is -0.461 e. The quantitative estimate of drug-likeness (QED) is 0.340. The molecule has 0 unspecified atom stereocenters. The van der Waals surface area contributed by atoms with Crippen LogP contribution in [0.15, 0.2) is 53.5 Å². The highest BCUT2D eigenvalue weighted by atomic mass is 16.5. The van der Waals surface area contributed by atoms with E-state index in [2.05, 4.69) is 133 Å². The van der Waals surface area contributed by atoms with Crippen molar-refractivity contribution in [2.24, 2.45) is 4.99 Å². The number of aliphatic imine (C=N–C) groups is 1. The molecule has 0 aromatic heterocycles. The summed E-state index contributed by atoms with van der Waals surface area (Å²) in [6.07, 6.45) is 1.02. The van der Waals surface area contributed by atoms with Crippen molar-refractivity contribution in [1.82, 2.24) is 10.6 Å². The van der Waals surface area contributed by atoms with E-state index in [9.17, 15) is 0 Å². The molecular formula is C32H49N3O. The normalized spacial score (nSPS) is 19.4. The van der Waals surface area contributed by atoms with Crippen molar-refractivity contribution >= 4 is 6.02 Å². The number of benzene rings is 2. The summed E-state index contributed by atoms with van der Waals surface area (Å²) in [5.74, 6) is 0.255. The molecule has 0 spiro atoms. The standard InChI is InChI=1S/C32H49N3O/c1-21(2)34-30(35-22(3)4)36-27-19-28(33-20-27)29(23-11-15-25(16-12-23)31(5,6)7)24-13-17-26(18-14-24)32(8,9)10/h11-18,21-22,27-29,33H,19-20H2,1-10H3,(H,34,35)/t27-,28-/m1/s1. The van der Waals surface area contributed by atoms with Gasteiger partial charge in [0.25, 0.3) is 6.02 Å². The number of amidine groups is 1. The zero-order valence-corrected chi connectivity index (χ0v) is 24.3. The molecule has 1 saturated heterocycles. The molecule has 198 valence electrons. The molecule has 1 aliphatic heterocycles. The summed E-state index contributed by atoms with van der Waals surface area (Å²) in [6, 6.07) is 19.9. The lowest BCUT2D eigenvalue weighted by Crippen LogP contribution is -2.36. The first-order valence-corrected chi connectivity index (χ1v) is 13.7. The van der Waals surface area contributed by atoms with Crippen LogP contribution in [-0.4, -0.2) is 36.8 Å². The summed E-state index contributed by atoms with van der Waals surface area (Å²) in [7, 11) is 0. The van der Waals surface area contributed by atoms with Crippen molar-refractivity contribution in [3.8, 4) is 0 Å². The lowest BCUT2D eigenvalue weighted by Gasteiger charge is -2.27. The Kier molecular flexibility index (Phi) is 8.93. The molecule has 2 atom stereocenters. The minimum absolute atomic E-state index is 0.0870. The van der Waals surface area contributed by atoms with Gasteiger partial charge in [-0.15, -0.1) is 0 Å². The van der Waals surface area contributed by atoms with E-state index in [1.807, 2.05) is 0 Å². The maximum Gasteiger partial charge on any atom is 0.285 e. The number of ether oxygens (including phenoxy) is 1. The molecule has 2 aromatic carbocycles. The Morgan fingerprint density at radius 1 is 0.833 bits per heavy atom. The summed E-state index contributed by atoms with van der Waals surface area (Å²) in [6.45, 7) is 22.8. The van der Waals surface area contributed by atoms with E-state index in [4.69, 9.17) is 4.74 Å². The van der Waals surface area contributed by atoms with E-state index in [-0.39, 0.29) is 41.0 Å². The summed E-state index contributed by atoms with van der Waals surface area (Å²) in [4.78, 5) is 4.69. The maximum absolute atomic E-state index is 6.39. The highest BCUT2D eigenvalue weighted by Crippen LogP contribution is 2.35. The SMILES string of the molecule is CC(C)/N=C(\NC(C)C)O[C@H]1CN[C@@H](C(c2ccc(C(C)(C)C)cc2)c2ccc(C(C)(C)C)cc2)C1. The second-order valence-corrected chi connectivity index (χ2v) is 13.0. The van der Waals surface area contributed by atoms with Crippen molar-refractivity contribution in [2.75, 3.05) is 6.54 Å². The van der Waals surface area contributed by atoms with E-state index in [0.717, 1.165) is 13.0 Å². The van der Waals surface area contributed by atoms with E-state index in [1.165, 1.54) is 22.3 Å². The number of rotatable bonds is 6. The van der Waals surface area contributed by atoms with Crippen LogP contribution in [-0.2, 0) is 15.6 Å². The van der Waals surface area contributed by atoms with Gasteiger partial charge in [-0.1, -0.05) is 90.1 Å². The highest BCUT2D eigenvalue weighted by Gasteiger charge is 2.34. The molecule has 0 amide bonds. The van der Waals surface area contributed by atoms with Crippen LogP contribution in [0.5, 0.6) is 0 Å². The summed E-state index contributed by atoms with van der Waals surface area (Å²) in [5.41, 5.74) is 5.71. The van der Waals surface area contributed by atoms with Crippen LogP contribution in [0.4, 0.5) is 0 Å². The average Bonchev–Trinajstić information content (AvgIpc) is 3.20. The van der Waals surface area contributed by atoms with Crippen LogP contribution in [0.1, 0.15) is 104 Å². The van der Waals surface area contributed by atoms with Gasteiger partial charge in [0, 0.05) is 37.0 Å². The molecule has 1 heterocycles. The number of hydrogen-bond donors (Lipinski definition) is 2. The lowest BCUT2D eigenvalue weighted by molar-refractivity contribution is 0.191. The number of hydrogen-bond acceptors (Lipinski definition) is 3. The van der Waals surface area contributed by atoms with Gasteiger partial charge in [0.05, 0.1) is 0 Å². The first-order valence-electron chi connectivity index (χ1n) is 13.7. The van der Waals surface area contributed by atoms with Gasteiger partial charge in [-0.3, -0.25) is 0 Å². The van der Waals surface area contributed by atoms with Crippen molar-refractivity contribution in [3.05, 3.63) is 70.8 Å². The Hall–Kier alpha value is -2.33. The molecule has 0 saturated carbocycles. The zero-order valence-electron chi connectivity index (χ0n) is 24.3. The first-order chi connectivity index (χ1) is 16.7. The average molecular weight is 492 g/mol. The molecule has 1 fully saturated rings. The highest BCUT2D eigenvalue weighted by molar-refractivity contribution is 5.74. The fraction of sp³-hybridized carbons (Fsp3) is 0.594. The van der Waals surface area contributed by atoms with Gasteiger partial charge >= 0.3 is 0 Å². The third-order valence-electron chi connectivity index (χ3n) is 6.86. The number of nitrogens with zero attached hydrogens (tertiary/aromatic N) is 1. The molecule has 1 aliphatic rings. The molecule has 2 N–H and O–H groups in total. The third-order valence-corrected chi connectivity index (χ3v) is 6.86. The van der Waals surface area contributed by atoms with Gasteiger partial charge in [0.2, 0.25) is 0 Å². The van der Waals surface area contributed by atoms with Crippen LogP contribution in [0.3, 0.4) is 0 Å². The van der Waals surface area contributed by atoms with Gasteiger partial charge in [-0.25, -0.2) is 4.99 Å². The van der Waals surface area contributed by atoms with Crippen molar-refractivity contribution in [1.29, 1.82) is 0 Å². The predicted molar refractivity (Wildman–Crippen MR) is 154 cm³/mol. The van der Waals surface area contributed by atoms with Gasteiger partial charge in [0.15, 0.2) is 0 Å². The monoisotopic (exact) mass is 491 g/mol. The van der Waals surface area contributed by atoms with Gasteiger partial charge in [-0.2, -0.15) is 0 Å². The van der Waals surface area contributed by atoms with Crippen LogP contribution in [0, 0.1) is 0 Å². The van der Waals surface area contributed by atoms with Crippen molar-refractivity contribution in [2.45, 2.75) is 117 Å². The topological polar surface area (TPSA) is 45.7 Å². The second kappa shape index (κ2) is 11.4. The smallest absolute Gasteiger partial charge is 0.285 e. The molecular weight excluding hydrogens is 442 g/mol. The molecule has 0 radical (unpaired) electrons. The number of nitrogens with one attached hydrogen (secondary N) is 2. The summed E-state index contributed by atoms with van der Waals surface area (Å²) >= 11 is 0. The third kappa shape index (κ3) is 7.59. The minimum atomic E-state index is 0.0870. The Balaban J connectivity index is 1.89. The molecule has 2 aromatic rings. The van der Waals surface area contributed by atoms with E-state index >= 15 is 0 Å².